The van der Waals surface area contributed by atoms with E-state index < -0.39 is 15.9 Å². The summed E-state index contributed by atoms with van der Waals surface area (Å²) in [4.78, 5) is 14.1. The summed E-state index contributed by atoms with van der Waals surface area (Å²) in [5.74, 6) is -0.100. The quantitative estimate of drug-likeness (QED) is 0.867. The second-order valence-corrected chi connectivity index (χ2v) is 7.38. The summed E-state index contributed by atoms with van der Waals surface area (Å²) in [7, 11) is -1.49. The molecule has 0 aliphatic rings. The van der Waals surface area contributed by atoms with Crippen molar-refractivity contribution in [3.63, 3.8) is 0 Å². The molecule has 118 valence electrons. The zero-order chi connectivity index (χ0) is 16.2. The molecule has 1 rings (SSSR count). The summed E-state index contributed by atoms with van der Waals surface area (Å²) in [5.41, 5.74) is 6.73. The SMILES string of the molecule is CCC[C@H](N)C(=O)N(C)[C@H](C)c1ccc(S(C)(=O)=O)cc1. The van der Waals surface area contributed by atoms with Crippen LogP contribution in [0.4, 0.5) is 0 Å². The van der Waals surface area contributed by atoms with Crippen LogP contribution in [-0.4, -0.2) is 38.6 Å². The van der Waals surface area contributed by atoms with Crippen LogP contribution in [0.2, 0.25) is 0 Å². The molecule has 2 atom stereocenters. The van der Waals surface area contributed by atoms with Crippen LogP contribution >= 0.6 is 0 Å². The standard InChI is InChI=1S/C15H24N2O3S/c1-5-6-14(16)15(18)17(3)11(2)12-7-9-13(10-8-12)21(4,19)20/h7-11,14H,5-6,16H2,1-4H3/t11-,14+/m1/s1. The minimum Gasteiger partial charge on any atom is -0.338 e. The highest BCUT2D eigenvalue weighted by atomic mass is 32.2. The van der Waals surface area contributed by atoms with E-state index in [0.29, 0.717) is 6.42 Å². The fourth-order valence-electron chi connectivity index (χ4n) is 2.10. The number of sulfone groups is 1. The van der Waals surface area contributed by atoms with Gasteiger partial charge in [0.1, 0.15) is 0 Å². The first-order chi connectivity index (χ1) is 9.68. The fourth-order valence-corrected chi connectivity index (χ4v) is 2.73. The highest BCUT2D eigenvalue weighted by molar-refractivity contribution is 7.90. The molecule has 0 fully saturated rings. The molecule has 0 heterocycles. The lowest BCUT2D eigenvalue weighted by Crippen LogP contribution is -2.42. The van der Waals surface area contributed by atoms with Gasteiger partial charge >= 0.3 is 0 Å². The molecule has 0 aromatic heterocycles. The average Bonchev–Trinajstić information content (AvgIpc) is 2.44. The van der Waals surface area contributed by atoms with Crippen LogP contribution in [0.25, 0.3) is 0 Å². The average molecular weight is 312 g/mol. The highest BCUT2D eigenvalue weighted by Gasteiger charge is 2.22. The molecule has 0 saturated heterocycles. The van der Waals surface area contributed by atoms with Crippen LogP contribution in [0.1, 0.15) is 38.3 Å². The summed E-state index contributed by atoms with van der Waals surface area (Å²) in [6.45, 7) is 3.88. The molecule has 1 amide bonds. The van der Waals surface area contributed by atoms with Crippen LogP contribution < -0.4 is 5.73 Å². The van der Waals surface area contributed by atoms with Crippen LogP contribution in [-0.2, 0) is 14.6 Å². The monoisotopic (exact) mass is 312 g/mol. The van der Waals surface area contributed by atoms with Crippen molar-refractivity contribution in [2.75, 3.05) is 13.3 Å². The van der Waals surface area contributed by atoms with Gasteiger partial charge in [-0.15, -0.1) is 0 Å². The van der Waals surface area contributed by atoms with E-state index in [1.807, 2.05) is 13.8 Å². The molecule has 2 N–H and O–H groups in total. The number of likely N-dealkylation sites (N-methyl/N-ethyl adjacent to an activating group) is 1. The molecule has 1 aromatic rings. The molecule has 0 radical (unpaired) electrons. The van der Waals surface area contributed by atoms with Gasteiger partial charge in [0.15, 0.2) is 9.84 Å². The molecule has 1 aromatic carbocycles. The zero-order valence-electron chi connectivity index (χ0n) is 13.0. The second-order valence-electron chi connectivity index (χ2n) is 5.36. The van der Waals surface area contributed by atoms with E-state index in [2.05, 4.69) is 0 Å². The predicted molar refractivity (Wildman–Crippen MR) is 83.6 cm³/mol. The maximum atomic E-state index is 12.2. The molecule has 0 spiro atoms. The largest absolute Gasteiger partial charge is 0.338 e. The van der Waals surface area contributed by atoms with Gasteiger partial charge in [0.2, 0.25) is 5.91 Å². The van der Waals surface area contributed by atoms with E-state index in [-0.39, 0.29) is 16.8 Å². The summed E-state index contributed by atoms with van der Waals surface area (Å²) in [6, 6.07) is 5.94. The normalized spacial score (nSPS) is 14.5. The van der Waals surface area contributed by atoms with E-state index in [1.54, 1.807) is 36.2 Å². The van der Waals surface area contributed by atoms with Crippen LogP contribution in [0.5, 0.6) is 0 Å². The Balaban J connectivity index is 2.88. The lowest BCUT2D eigenvalue weighted by atomic mass is 10.1. The molecule has 0 saturated carbocycles. The summed E-state index contributed by atoms with van der Waals surface area (Å²) < 4.78 is 22.9. The van der Waals surface area contributed by atoms with Gasteiger partial charge in [0, 0.05) is 13.3 Å². The molecule has 21 heavy (non-hydrogen) atoms. The van der Waals surface area contributed by atoms with Gasteiger partial charge < -0.3 is 10.6 Å². The van der Waals surface area contributed by atoms with Gasteiger partial charge in [-0.05, 0) is 31.0 Å². The van der Waals surface area contributed by atoms with Crippen molar-refractivity contribution in [3.8, 4) is 0 Å². The van der Waals surface area contributed by atoms with Crippen LogP contribution in [0, 0.1) is 0 Å². The lowest BCUT2D eigenvalue weighted by molar-refractivity contribution is -0.133. The van der Waals surface area contributed by atoms with Crippen molar-refractivity contribution >= 4 is 15.7 Å². The Bertz CT molecular complexity index is 581. The van der Waals surface area contributed by atoms with Crippen molar-refractivity contribution in [3.05, 3.63) is 29.8 Å². The second kappa shape index (κ2) is 7.04. The lowest BCUT2D eigenvalue weighted by Gasteiger charge is -2.28. The number of hydrogen-bond donors (Lipinski definition) is 1. The summed E-state index contributed by atoms with van der Waals surface area (Å²) in [5, 5.41) is 0. The highest BCUT2D eigenvalue weighted by Crippen LogP contribution is 2.21. The van der Waals surface area contributed by atoms with E-state index in [9.17, 15) is 13.2 Å². The third kappa shape index (κ3) is 4.54. The maximum Gasteiger partial charge on any atom is 0.239 e. The third-order valence-corrected chi connectivity index (χ3v) is 4.76. The number of carbonyl (C=O) groups is 1. The molecular formula is C15H24N2O3S. The van der Waals surface area contributed by atoms with E-state index in [0.717, 1.165) is 12.0 Å². The Morgan fingerprint density at radius 2 is 1.81 bits per heavy atom. The summed E-state index contributed by atoms with van der Waals surface area (Å²) >= 11 is 0. The molecule has 6 heteroatoms. The minimum absolute atomic E-state index is 0.100. The first-order valence-corrected chi connectivity index (χ1v) is 8.90. The smallest absolute Gasteiger partial charge is 0.239 e. The van der Waals surface area contributed by atoms with E-state index >= 15 is 0 Å². The molecule has 0 unspecified atom stereocenters. The van der Waals surface area contributed by atoms with Gasteiger partial charge in [0.05, 0.1) is 17.0 Å². The number of rotatable bonds is 6. The fraction of sp³-hybridized carbons (Fsp3) is 0.533. The number of hydrogen-bond acceptors (Lipinski definition) is 4. The minimum atomic E-state index is -3.20. The number of amides is 1. The molecule has 0 aliphatic heterocycles. The molecule has 5 nitrogen and oxygen atoms in total. The van der Waals surface area contributed by atoms with Crippen molar-refractivity contribution in [2.45, 2.75) is 43.7 Å². The van der Waals surface area contributed by atoms with Crippen LogP contribution in [0.15, 0.2) is 29.2 Å². The molecular weight excluding hydrogens is 288 g/mol. The first kappa shape index (κ1) is 17.7. The predicted octanol–water partition coefficient (Wildman–Crippen LogP) is 1.74. The molecule has 0 bridgehead atoms. The van der Waals surface area contributed by atoms with Gasteiger partial charge in [0.25, 0.3) is 0 Å². The number of nitrogens with zero attached hydrogens (tertiary/aromatic N) is 1. The van der Waals surface area contributed by atoms with Gasteiger partial charge in [-0.3, -0.25) is 4.79 Å². The number of nitrogens with two attached hydrogens (primary N) is 1. The van der Waals surface area contributed by atoms with Crippen molar-refractivity contribution < 1.29 is 13.2 Å². The van der Waals surface area contributed by atoms with Crippen molar-refractivity contribution in [2.24, 2.45) is 5.73 Å². The third-order valence-electron chi connectivity index (χ3n) is 3.64. The Hall–Kier alpha value is -1.40. The van der Waals surface area contributed by atoms with E-state index in [4.69, 9.17) is 5.73 Å². The van der Waals surface area contributed by atoms with Crippen molar-refractivity contribution in [1.82, 2.24) is 4.90 Å². The summed E-state index contributed by atoms with van der Waals surface area (Å²) in [6.07, 6.45) is 2.69. The first-order valence-electron chi connectivity index (χ1n) is 7.00. The number of benzene rings is 1. The van der Waals surface area contributed by atoms with Crippen LogP contribution in [0.3, 0.4) is 0 Å². The Morgan fingerprint density at radius 1 is 1.29 bits per heavy atom. The van der Waals surface area contributed by atoms with Gasteiger partial charge in [-0.25, -0.2) is 8.42 Å². The zero-order valence-corrected chi connectivity index (χ0v) is 13.9. The van der Waals surface area contributed by atoms with Gasteiger partial charge in [-0.1, -0.05) is 25.5 Å². The Kier molecular flexibility index (Phi) is 5.92. The Labute approximate surface area is 127 Å². The van der Waals surface area contributed by atoms with E-state index in [1.165, 1.54) is 6.26 Å². The maximum absolute atomic E-state index is 12.2. The molecule has 0 aliphatic carbocycles. The topological polar surface area (TPSA) is 80.5 Å². The number of carbonyl (C=O) groups excluding carboxylic acids is 1. The van der Waals surface area contributed by atoms with Gasteiger partial charge in [-0.2, -0.15) is 0 Å². The Morgan fingerprint density at radius 3 is 2.24 bits per heavy atom. The van der Waals surface area contributed by atoms with Crippen molar-refractivity contribution in [1.29, 1.82) is 0 Å².